The van der Waals surface area contributed by atoms with Crippen LogP contribution in [-0.2, 0) is 21.3 Å². The molecule has 0 spiro atoms. The van der Waals surface area contributed by atoms with E-state index in [2.05, 4.69) is 124 Å². The fourth-order valence-corrected chi connectivity index (χ4v) is 14.6. The van der Waals surface area contributed by atoms with Crippen LogP contribution in [0.5, 0.6) is 0 Å². The summed E-state index contributed by atoms with van der Waals surface area (Å²) in [5.41, 5.74) is 12.0. The van der Waals surface area contributed by atoms with Crippen LogP contribution in [0, 0.1) is 18.3 Å². The molecule has 3 aromatic carbocycles. The Labute approximate surface area is 231 Å². The molecular weight excluding hydrogens is 546 g/mol. The number of fused-ring (bicyclic) bond motifs is 3. The van der Waals surface area contributed by atoms with Crippen LogP contribution in [0.4, 0.5) is 0 Å². The summed E-state index contributed by atoms with van der Waals surface area (Å²) in [6, 6.07) is 27.5. The summed E-state index contributed by atoms with van der Waals surface area (Å²) in [4.78, 5) is 0. The third kappa shape index (κ3) is 5.16. The molecule has 5 rings (SSSR count). The van der Waals surface area contributed by atoms with Crippen molar-refractivity contribution in [2.45, 2.75) is 45.2 Å². The predicted molar refractivity (Wildman–Crippen MR) is 139 cm³/mol. The van der Waals surface area contributed by atoms with Crippen molar-refractivity contribution >= 4 is 3.71 Å². The summed E-state index contributed by atoms with van der Waals surface area (Å²) in [5.74, 6) is 0.523. The molecule has 0 aromatic heterocycles. The maximum Gasteiger partial charge on any atom is -1.00 e. The molecule has 2 aliphatic rings. The maximum atomic E-state index is 2.74. The molecule has 0 radical (unpaired) electrons. The maximum absolute atomic E-state index is 2.74. The van der Waals surface area contributed by atoms with Gasteiger partial charge in [0.1, 0.15) is 0 Å². The molecule has 0 aliphatic heterocycles. The van der Waals surface area contributed by atoms with E-state index in [0.717, 1.165) is 0 Å². The van der Waals surface area contributed by atoms with Gasteiger partial charge in [-0.15, -0.1) is 0 Å². The quantitative estimate of drug-likeness (QED) is 0.447. The van der Waals surface area contributed by atoms with E-state index in [9.17, 15) is 0 Å². The Balaban J connectivity index is 0.00000171. The second kappa shape index (κ2) is 10.8. The van der Waals surface area contributed by atoms with Gasteiger partial charge in [-0.3, -0.25) is 0 Å². The van der Waals surface area contributed by atoms with Crippen molar-refractivity contribution in [1.82, 2.24) is 0 Å². The molecule has 0 N–H and O–H groups in total. The molecule has 3 aromatic rings. The summed E-state index contributed by atoms with van der Waals surface area (Å²) in [6.45, 7) is 14.1. The van der Waals surface area contributed by atoms with E-state index in [1.165, 1.54) is 22.3 Å². The number of rotatable bonds is 3. The van der Waals surface area contributed by atoms with Gasteiger partial charge in [0.05, 0.1) is 0 Å². The third-order valence-electron chi connectivity index (χ3n) is 7.34. The molecule has 0 saturated carbocycles. The zero-order valence-corrected chi connectivity index (χ0v) is 25.5. The van der Waals surface area contributed by atoms with Crippen molar-refractivity contribution in [3.8, 4) is 11.1 Å². The molecule has 1 atom stereocenters. The number of allylic oxidation sites excluding steroid dienone is 4. The summed E-state index contributed by atoms with van der Waals surface area (Å²) >= 11 is -2.36. The van der Waals surface area contributed by atoms with E-state index >= 15 is 0 Å². The monoisotopic (exact) mass is 578 g/mol. The number of halogens is 2. The normalized spacial score (nSPS) is 16.9. The van der Waals surface area contributed by atoms with Gasteiger partial charge in [-0.25, -0.2) is 0 Å². The molecule has 35 heavy (non-hydrogen) atoms. The van der Waals surface area contributed by atoms with Crippen LogP contribution in [0.25, 0.3) is 11.1 Å². The molecule has 0 fully saturated rings. The summed E-state index contributed by atoms with van der Waals surface area (Å²) in [6.07, 6.45) is 2.57. The van der Waals surface area contributed by atoms with Crippen molar-refractivity contribution in [3.05, 3.63) is 116 Å². The van der Waals surface area contributed by atoms with E-state index < -0.39 is 21.3 Å². The Bertz CT molecular complexity index is 1270. The predicted octanol–water partition coefficient (Wildman–Crippen LogP) is 2.44. The number of aryl methyl sites for hydroxylation is 1. The van der Waals surface area contributed by atoms with E-state index in [1.54, 1.807) is 25.6 Å². The first-order valence-electron chi connectivity index (χ1n) is 12.2. The molecule has 3 heteroatoms. The second-order valence-electron chi connectivity index (χ2n) is 10.8. The summed E-state index contributed by atoms with van der Waals surface area (Å²) < 4.78 is 5.04. The Kier molecular flexibility index (Phi) is 8.69. The fraction of sp³-hybridized carbons (Fsp3) is 0.281. The van der Waals surface area contributed by atoms with E-state index in [0.29, 0.717) is 9.54 Å². The van der Waals surface area contributed by atoms with E-state index in [1.807, 2.05) is 0 Å². The first-order chi connectivity index (χ1) is 15.8. The van der Waals surface area contributed by atoms with Crippen LogP contribution in [0.2, 0.25) is 0 Å². The first kappa shape index (κ1) is 28.1. The Morgan fingerprint density at radius 3 is 1.74 bits per heavy atom. The number of hydrogen-bond acceptors (Lipinski definition) is 0. The summed E-state index contributed by atoms with van der Waals surface area (Å²) in [7, 11) is 0. The van der Waals surface area contributed by atoms with Gasteiger partial charge >= 0.3 is 208 Å². The summed E-state index contributed by atoms with van der Waals surface area (Å²) in [5, 5.41) is 0. The van der Waals surface area contributed by atoms with Crippen LogP contribution in [-0.4, -0.2) is 3.71 Å². The van der Waals surface area contributed by atoms with Crippen molar-refractivity contribution in [2.24, 2.45) is 11.3 Å². The van der Waals surface area contributed by atoms with Crippen LogP contribution >= 0.6 is 0 Å². The Hall–Kier alpha value is -1.53. The topological polar surface area (TPSA) is 0 Å². The van der Waals surface area contributed by atoms with Crippen molar-refractivity contribution in [2.75, 3.05) is 0 Å². The third-order valence-corrected chi connectivity index (χ3v) is 15.6. The van der Waals surface area contributed by atoms with Gasteiger partial charge in [0, 0.05) is 0 Å². The largest absolute Gasteiger partial charge is 1.00 e. The van der Waals surface area contributed by atoms with Gasteiger partial charge in [0.25, 0.3) is 0 Å². The Morgan fingerprint density at radius 1 is 0.743 bits per heavy atom. The minimum absolute atomic E-state index is 0. The SMILES string of the molecule is CC1=[C](/[Zr+2](=[CH]/c2ccc(C)cc2)[CH]2c3ccccc3-c3ccccc32)C(C)C=C1C(C)(C)C.[Cl-].[Cl-]. The van der Waals surface area contributed by atoms with Gasteiger partial charge in [-0.2, -0.15) is 0 Å². The zero-order valence-electron chi connectivity index (χ0n) is 21.5. The molecule has 1 unspecified atom stereocenters. The zero-order chi connectivity index (χ0) is 23.3. The molecule has 0 nitrogen and oxygen atoms in total. The molecule has 180 valence electrons. The average molecular weight is 581 g/mol. The van der Waals surface area contributed by atoms with Crippen LogP contribution in [0.3, 0.4) is 0 Å². The van der Waals surface area contributed by atoms with E-state index in [-0.39, 0.29) is 30.2 Å². The van der Waals surface area contributed by atoms with Gasteiger partial charge in [0.15, 0.2) is 0 Å². The molecule has 2 aliphatic carbocycles. The molecule has 0 heterocycles. The first-order valence-corrected chi connectivity index (χ1v) is 16.2. The second-order valence-corrected chi connectivity index (χ2v) is 16.5. The minimum atomic E-state index is -2.36. The average Bonchev–Trinajstić information content (AvgIpc) is 3.28. The molecule has 0 saturated heterocycles. The number of hydrogen-bond donors (Lipinski definition) is 0. The molecular formula is C32H34Cl2Zr. The number of benzene rings is 3. The van der Waals surface area contributed by atoms with Crippen LogP contribution < -0.4 is 24.8 Å². The van der Waals surface area contributed by atoms with Crippen molar-refractivity contribution in [1.29, 1.82) is 0 Å². The minimum Gasteiger partial charge on any atom is -1.00 e. The van der Waals surface area contributed by atoms with Gasteiger partial charge in [0.2, 0.25) is 0 Å². The smallest absolute Gasteiger partial charge is 1.00 e. The standard InChI is InChI=1S/C13H9.C11H17.C8H8.2ClH.Zr/c1-3-7-12-10(5-1)9-11-6-2-4-8-13(11)12;1-8-6-9(2)10(7-8)11(3,4)5;1-7-3-5-8(2)6-4-7;;;/h1-9H;7-8H,1-5H3;1,3-6H,2H3;2*1H;/q;;;;;+2/p-2. The van der Waals surface area contributed by atoms with Crippen molar-refractivity contribution < 1.29 is 46.1 Å². The van der Waals surface area contributed by atoms with Crippen molar-refractivity contribution in [3.63, 3.8) is 0 Å². The molecule has 0 bridgehead atoms. The van der Waals surface area contributed by atoms with E-state index in [4.69, 9.17) is 0 Å². The van der Waals surface area contributed by atoms with Crippen LogP contribution in [0.15, 0.2) is 93.3 Å². The molecule has 0 amide bonds. The van der Waals surface area contributed by atoms with Crippen LogP contribution in [0.1, 0.15) is 60.5 Å². The van der Waals surface area contributed by atoms with Gasteiger partial charge in [-0.1, -0.05) is 0 Å². The Morgan fingerprint density at radius 2 is 1.26 bits per heavy atom. The van der Waals surface area contributed by atoms with Gasteiger partial charge in [-0.05, 0) is 0 Å². The fourth-order valence-electron chi connectivity index (χ4n) is 5.89. The van der Waals surface area contributed by atoms with Gasteiger partial charge < -0.3 is 24.8 Å².